The van der Waals surface area contributed by atoms with E-state index >= 15 is 0 Å². The molecule has 0 atom stereocenters. The maximum Gasteiger partial charge on any atom is 0.182 e. The van der Waals surface area contributed by atoms with E-state index in [1.807, 2.05) is 24.3 Å². The molecule has 5 heteroatoms. The molecule has 0 saturated carbocycles. The minimum absolute atomic E-state index is 0.336. The van der Waals surface area contributed by atoms with Crippen molar-refractivity contribution in [3.05, 3.63) is 54.0 Å². The van der Waals surface area contributed by atoms with E-state index in [-0.39, 0.29) is 5.82 Å². The van der Waals surface area contributed by atoms with Crippen LogP contribution < -0.4 is 5.73 Å². The molecule has 0 fully saturated rings. The summed E-state index contributed by atoms with van der Waals surface area (Å²) in [4.78, 5) is 4.33. The lowest BCUT2D eigenvalue weighted by Gasteiger charge is -1.97. The van der Waals surface area contributed by atoms with Gasteiger partial charge in [0.15, 0.2) is 11.5 Å². The molecule has 0 bridgehead atoms. The van der Waals surface area contributed by atoms with Crippen molar-refractivity contribution in [3.8, 4) is 11.4 Å². The largest absolute Gasteiger partial charge is 0.326 e. The zero-order chi connectivity index (χ0) is 12.5. The van der Waals surface area contributed by atoms with Crippen LogP contribution in [0.2, 0.25) is 0 Å². The highest BCUT2D eigenvalue weighted by atomic mass is 19.1. The highest BCUT2D eigenvalue weighted by Gasteiger charge is 2.06. The second kappa shape index (κ2) is 4.19. The summed E-state index contributed by atoms with van der Waals surface area (Å²) in [6, 6.07) is 10.6. The third-order valence-electron chi connectivity index (χ3n) is 2.74. The molecule has 18 heavy (non-hydrogen) atoms. The lowest BCUT2D eigenvalue weighted by molar-refractivity contribution is 0.615. The number of benzene rings is 1. The Bertz CT molecular complexity index is 688. The van der Waals surface area contributed by atoms with Gasteiger partial charge < -0.3 is 5.73 Å². The van der Waals surface area contributed by atoms with Crippen molar-refractivity contribution in [2.45, 2.75) is 6.54 Å². The smallest absolute Gasteiger partial charge is 0.182 e. The van der Waals surface area contributed by atoms with Crippen molar-refractivity contribution < 1.29 is 4.39 Å². The van der Waals surface area contributed by atoms with Gasteiger partial charge >= 0.3 is 0 Å². The maximum atomic E-state index is 13.0. The van der Waals surface area contributed by atoms with Gasteiger partial charge in [0.2, 0.25) is 0 Å². The summed E-state index contributed by atoms with van der Waals surface area (Å²) in [7, 11) is 0. The van der Waals surface area contributed by atoms with Gasteiger partial charge in [-0.2, -0.15) is 0 Å². The fraction of sp³-hybridized carbons (Fsp3) is 0.0769. The van der Waals surface area contributed by atoms with Crippen molar-refractivity contribution in [2.75, 3.05) is 0 Å². The molecule has 0 amide bonds. The zero-order valence-electron chi connectivity index (χ0n) is 9.55. The van der Waals surface area contributed by atoms with E-state index in [0.29, 0.717) is 18.0 Å². The first-order valence-electron chi connectivity index (χ1n) is 5.57. The van der Waals surface area contributed by atoms with Crippen molar-refractivity contribution in [1.29, 1.82) is 0 Å². The Kier molecular flexibility index (Phi) is 2.53. The van der Waals surface area contributed by atoms with Gasteiger partial charge in [-0.25, -0.2) is 13.9 Å². The predicted molar refractivity (Wildman–Crippen MR) is 66.3 cm³/mol. The van der Waals surface area contributed by atoms with Crippen LogP contribution in [-0.4, -0.2) is 14.6 Å². The number of nitrogens with zero attached hydrogens (tertiary/aromatic N) is 3. The molecule has 0 aliphatic rings. The van der Waals surface area contributed by atoms with Gasteiger partial charge in [0.05, 0.1) is 6.20 Å². The normalized spacial score (nSPS) is 11.0. The highest BCUT2D eigenvalue weighted by molar-refractivity contribution is 5.58. The van der Waals surface area contributed by atoms with Crippen LogP contribution in [0.1, 0.15) is 5.56 Å². The summed E-state index contributed by atoms with van der Waals surface area (Å²) in [6.07, 6.45) is 1.31. The van der Waals surface area contributed by atoms with E-state index in [9.17, 15) is 4.39 Å². The van der Waals surface area contributed by atoms with Gasteiger partial charge in [-0.05, 0) is 17.7 Å². The Morgan fingerprint density at radius 3 is 2.61 bits per heavy atom. The standard InChI is InChI=1S/C13H11FN4/c14-11-5-6-12-16-13(17-18(12)8-11)10-3-1-9(7-15)2-4-10/h1-6,8H,7,15H2. The molecule has 3 aromatic rings. The molecule has 2 heterocycles. The second-order valence-electron chi connectivity index (χ2n) is 3.99. The van der Waals surface area contributed by atoms with Crippen LogP contribution in [0.25, 0.3) is 17.0 Å². The Balaban J connectivity index is 2.07. The number of nitrogens with two attached hydrogens (primary N) is 1. The molecule has 3 rings (SSSR count). The Morgan fingerprint density at radius 1 is 1.11 bits per heavy atom. The van der Waals surface area contributed by atoms with E-state index in [4.69, 9.17) is 5.73 Å². The number of halogens is 1. The minimum Gasteiger partial charge on any atom is -0.326 e. The summed E-state index contributed by atoms with van der Waals surface area (Å²) in [6.45, 7) is 0.504. The summed E-state index contributed by atoms with van der Waals surface area (Å²) < 4.78 is 14.5. The summed E-state index contributed by atoms with van der Waals surface area (Å²) in [5.41, 5.74) is 8.09. The van der Waals surface area contributed by atoms with E-state index in [1.165, 1.54) is 16.8 Å². The molecule has 1 aromatic carbocycles. The summed E-state index contributed by atoms with van der Waals surface area (Å²) >= 11 is 0. The van der Waals surface area contributed by atoms with Crippen LogP contribution in [-0.2, 0) is 6.54 Å². The van der Waals surface area contributed by atoms with Crippen LogP contribution >= 0.6 is 0 Å². The van der Waals surface area contributed by atoms with E-state index in [0.717, 1.165) is 11.1 Å². The lowest BCUT2D eigenvalue weighted by atomic mass is 10.1. The minimum atomic E-state index is -0.336. The van der Waals surface area contributed by atoms with Gasteiger partial charge in [0.1, 0.15) is 5.82 Å². The summed E-state index contributed by atoms with van der Waals surface area (Å²) in [5.74, 6) is 0.238. The second-order valence-corrected chi connectivity index (χ2v) is 3.99. The number of pyridine rings is 1. The number of hydrogen-bond donors (Lipinski definition) is 1. The molecule has 4 nitrogen and oxygen atoms in total. The summed E-state index contributed by atoms with van der Waals surface area (Å²) in [5, 5.41) is 4.23. The van der Waals surface area contributed by atoms with E-state index in [1.54, 1.807) is 6.07 Å². The molecular weight excluding hydrogens is 231 g/mol. The van der Waals surface area contributed by atoms with Gasteiger partial charge in [0, 0.05) is 12.1 Å². The first-order valence-corrected chi connectivity index (χ1v) is 5.57. The molecule has 90 valence electrons. The SMILES string of the molecule is NCc1ccc(-c2nc3ccc(F)cn3n2)cc1. The third kappa shape index (κ3) is 1.84. The van der Waals surface area contributed by atoms with Crippen molar-refractivity contribution >= 4 is 5.65 Å². The van der Waals surface area contributed by atoms with E-state index in [2.05, 4.69) is 10.1 Å². The van der Waals surface area contributed by atoms with Gasteiger partial charge in [0.25, 0.3) is 0 Å². The van der Waals surface area contributed by atoms with Crippen molar-refractivity contribution in [1.82, 2.24) is 14.6 Å². The average molecular weight is 242 g/mol. The number of aromatic nitrogens is 3. The van der Waals surface area contributed by atoms with Gasteiger partial charge in [-0.1, -0.05) is 24.3 Å². The van der Waals surface area contributed by atoms with E-state index < -0.39 is 0 Å². The van der Waals surface area contributed by atoms with Gasteiger partial charge in [-0.15, -0.1) is 5.10 Å². The Hall–Kier alpha value is -2.27. The van der Waals surface area contributed by atoms with Crippen LogP contribution in [0.3, 0.4) is 0 Å². The highest BCUT2D eigenvalue weighted by Crippen LogP contribution is 2.17. The average Bonchev–Trinajstić information content (AvgIpc) is 2.81. The Morgan fingerprint density at radius 2 is 1.89 bits per heavy atom. The molecule has 0 spiro atoms. The quantitative estimate of drug-likeness (QED) is 0.747. The molecule has 0 saturated heterocycles. The third-order valence-corrected chi connectivity index (χ3v) is 2.74. The topological polar surface area (TPSA) is 56.2 Å². The van der Waals surface area contributed by atoms with Crippen LogP contribution in [0.15, 0.2) is 42.6 Å². The molecular formula is C13H11FN4. The Labute approximate surface area is 103 Å². The molecule has 0 radical (unpaired) electrons. The molecule has 2 N–H and O–H groups in total. The predicted octanol–water partition coefficient (Wildman–Crippen LogP) is 1.99. The van der Waals surface area contributed by atoms with Crippen molar-refractivity contribution in [2.24, 2.45) is 5.73 Å². The molecule has 0 aliphatic heterocycles. The van der Waals surface area contributed by atoms with Crippen LogP contribution in [0.5, 0.6) is 0 Å². The number of fused-ring (bicyclic) bond motifs is 1. The van der Waals surface area contributed by atoms with Crippen LogP contribution in [0, 0.1) is 5.82 Å². The molecule has 0 aliphatic carbocycles. The van der Waals surface area contributed by atoms with Gasteiger partial charge in [-0.3, -0.25) is 0 Å². The van der Waals surface area contributed by atoms with Crippen molar-refractivity contribution in [3.63, 3.8) is 0 Å². The van der Waals surface area contributed by atoms with Crippen LogP contribution in [0.4, 0.5) is 4.39 Å². The molecule has 2 aromatic heterocycles. The number of hydrogen-bond acceptors (Lipinski definition) is 3. The first kappa shape index (κ1) is 10.9. The first-order chi connectivity index (χ1) is 8.76. The fourth-order valence-electron chi connectivity index (χ4n) is 1.77. The fourth-order valence-corrected chi connectivity index (χ4v) is 1.77. The lowest BCUT2D eigenvalue weighted by Crippen LogP contribution is -1.95. The monoisotopic (exact) mass is 242 g/mol. The zero-order valence-corrected chi connectivity index (χ0v) is 9.55. The maximum absolute atomic E-state index is 13.0. The number of rotatable bonds is 2. The molecule has 0 unspecified atom stereocenters.